The molecule has 0 atom stereocenters. The molecule has 0 aliphatic rings. The van der Waals surface area contributed by atoms with Crippen molar-refractivity contribution in [3.8, 4) is 11.1 Å². The maximum Gasteiger partial charge on any atom is 0.143 e. The first-order valence-corrected chi connectivity index (χ1v) is 5.54. The highest BCUT2D eigenvalue weighted by Gasteiger charge is 2.08. The van der Waals surface area contributed by atoms with E-state index in [-0.39, 0.29) is 0 Å². The van der Waals surface area contributed by atoms with Crippen LogP contribution in [0.1, 0.15) is 11.1 Å². The number of rotatable bonds is 1. The first kappa shape index (κ1) is 10.0. The Hall–Kier alpha value is -2.16. The van der Waals surface area contributed by atoms with Crippen LogP contribution in [0.15, 0.2) is 41.0 Å². The average Bonchev–Trinajstić information content (AvgIpc) is 2.75. The molecule has 0 spiro atoms. The van der Waals surface area contributed by atoms with E-state index in [4.69, 9.17) is 4.63 Å². The van der Waals surface area contributed by atoms with Crippen molar-refractivity contribution in [1.82, 2.24) is 10.3 Å². The van der Waals surface area contributed by atoms with Crippen molar-refractivity contribution >= 4 is 11.0 Å². The van der Waals surface area contributed by atoms with Crippen LogP contribution in [0.25, 0.3) is 22.2 Å². The second kappa shape index (κ2) is 3.70. The van der Waals surface area contributed by atoms with Gasteiger partial charge in [-0.3, -0.25) is 0 Å². The Kier molecular flexibility index (Phi) is 2.18. The summed E-state index contributed by atoms with van der Waals surface area (Å²) in [5, 5.41) is 7.83. The molecule has 3 aromatic rings. The molecule has 3 rings (SSSR count). The Morgan fingerprint density at radius 3 is 2.47 bits per heavy atom. The van der Waals surface area contributed by atoms with Crippen LogP contribution in [0.4, 0.5) is 0 Å². The average molecular weight is 224 g/mol. The van der Waals surface area contributed by atoms with Gasteiger partial charge < -0.3 is 0 Å². The van der Waals surface area contributed by atoms with Gasteiger partial charge in [0, 0.05) is 5.56 Å². The molecule has 3 heteroatoms. The third-order valence-corrected chi connectivity index (χ3v) is 2.82. The fourth-order valence-electron chi connectivity index (χ4n) is 2.17. The fourth-order valence-corrected chi connectivity index (χ4v) is 2.17. The number of aromatic nitrogens is 2. The van der Waals surface area contributed by atoms with E-state index < -0.39 is 0 Å². The highest BCUT2D eigenvalue weighted by Crippen LogP contribution is 2.27. The number of fused-ring (bicyclic) bond motifs is 1. The standard InChI is InChI=1S/C14H12N2O/c1-9-6-10(2)8-11(7-9)12-4-3-5-13-14(12)16-17-15-13/h3-8H,1-2H3. The number of nitrogens with zero attached hydrogens (tertiary/aromatic N) is 2. The van der Waals surface area contributed by atoms with Crippen LogP contribution in [0, 0.1) is 13.8 Å². The molecule has 0 amide bonds. The lowest BCUT2D eigenvalue weighted by Gasteiger charge is -2.05. The Bertz CT molecular complexity index is 665. The Labute approximate surface area is 99.0 Å². The lowest BCUT2D eigenvalue weighted by atomic mass is 10.00. The largest absolute Gasteiger partial charge is 0.243 e. The molecule has 0 bridgehead atoms. The molecule has 3 nitrogen and oxygen atoms in total. The topological polar surface area (TPSA) is 38.9 Å². The quantitative estimate of drug-likeness (QED) is 0.635. The van der Waals surface area contributed by atoms with Gasteiger partial charge in [-0.05, 0) is 35.8 Å². The molecule has 0 aliphatic heterocycles. The third kappa shape index (κ3) is 1.69. The molecule has 0 unspecified atom stereocenters. The molecule has 0 fully saturated rings. The first-order chi connectivity index (χ1) is 8.24. The van der Waals surface area contributed by atoms with Crippen LogP contribution in [0.3, 0.4) is 0 Å². The summed E-state index contributed by atoms with van der Waals surface area (Å²) in [6.07, 6.45) is 0. The summed E-state index contributed by atoms with van der Waals surface area (Å²) in [4.78, 5) is 0. The third-order valence-electron chi connectivity index (χ3n) is 2.82. The molecular weight excluding hydrogens is 212 g/mol. The van der Waals surface area contributed by atoms with Gasteiger partial charge in [0.15, 0.2) is 0 Å². The highest BCUT2D eigenvalue weighted by molar-refractivity contribution is 5.91. The Morgan fingerprint density at radius 2 is 1.71 bits per heavy atom. The van der Waals surface area contributed by atoms with Crippen molar-refractivity contribution in [1.29, 1.82) is 0 Å². The molecule has 0 saturated heterocycles. The second-order valence-corrected chi connectivity index (χ2v) is 4.31. The lowest BCUT2D eigenvalue weighted by molar-refractivity contribution is 0.315. The molecule has 17 heavy (non-hydrogen) atoms. The number of hydrogen-bond donors (Lipinski definition) is 0. The van der Waals surface area contributed by atoms with Crippen molar-refractivity contribution in [2.45, 2.75) is 13.8 Å². The van der Waals surface area contributed by atoms with E-state index in [1.165, 1.54) is 11.1 Å². The van der Waals surface area contributed by atoms with Crippen molar-refractivity contribution in [2.75, 3.05) is 0 Å². The second-order valence-electron chi connectivity index (χ2n) is 4.31. The smallest absolute Gasteiger partial charge is 0.143 e. The predicted octanol–water partition coefficient (Wildman–Crippen LogP) is 3.51. The van der Waals surface area contributed by atoms with Gasteiger partial charge in [0.05, 0.1) is 0 Å². The minimum absolute atomic E-state index is 0.793. The van der Waals surface area contributed by atoms with E-state index in [0.717, 1.165) is 22.2 Å². The van der Waals surface area contributed by atoms with Gasteiger partial charge in [-0.2, -0.15) is 0 Å². The predicted molar refractivity (Wildman–Crippen MR) is 66.7 cm³/mol. The monoisotopic (exact) mass is 224 g/mol. The summed E-state index contributed by atoms with van der Waals surface area (Å²) in [6, 6.07) is 12.4. The van der Waals surface area contributed by atoms with Gasteiger partial charge in [-0.15, -0.1) is 0 Å². The van der Waals surface area contributed by atoms with E-state index in [1.54, 1.807) is 0 Å². The Balaban J connectivity index is 2.30. The summed E-state index contributed by atoms with van der Waals surface area (Å²) < 4.78 is 4.79. The van der Waals surface area contributed by atoms with Gasteiger partial charge in [-0.25, -0.2) is 4.63 Å². The van der Waals surface area contributed by atoms with E-state index in [9.17, 15) is 0 Å². The zero-order valence-corrected chi connectivity index (χ0v) is 9.77. The van der Waals surface area contributed by atoms with Gasteiger partial charge in [0.2, 0.25) is 0 Å². The van der Waals surface area contributed by atoms with Gasteiger partial charge >= 0.3 is 0 Å². The molecule has 2 aromatic carbocycles. The molecule has 1 aromatic heterocycles. The summed E-state index contributed by atoms with van der Waals surface area (Å²) in [5.74, 6) is 0. The minimum Gasteiger partial charge on any atom is -0.243 e. The molecule has 1 heterocycles. The van der Waals surface area contributed by atoms with E-state index in [0.29, 0.717) is 0 Å². The fraction of sp³-hybridized carbons (Fsp3) is 0.143. The summed E-state index contributed by atoms with van der Waals surface area (Å²) in [5.41, 5.74) is 6.32. The van der Waals surface area contributed by atoms with Crippen LogP contribution in [0.2, 0.25) is 0 Å². The van der Waals surface area contributed by atoms with Crippen molar-refractivity contribution < 1.29 is 4.63 Å². The molecule has 0 radical (unpaired) electrons. The van der Waals surface area contributed by atoms with Crippen LogP contribution in [-0.4, -0.2) is 10.3 Å². The summed E-state index contributed by atoms with van der Waals surface area (Å²) in [7, 11) is 0. The number of hydrogen-bond acceptors (Lipinski definition) is 3. The molecule has 0 aliphatic carbocycles. The SMILES string of the molecule is Cc1cc(C)cc(-c2cccc3nonc23)c1. The van der Waals surface area contributed by atoms with Gasteiger partial charge in [-0.1, -0.05) is 41.5 Å². The first-order valence-electron chi connectivity index (χ1n) is 5.54. The van der Waals surface area contributed by atoms with Crippen molar-refractivity contribution in [3.63, 3.8) is 0 Å². The van der Waals surface area contributed by atoms with Crippen LogP contribution in [0.5, 0.6) is 0 Å². The molecule has 84 valence electrons. The summed E-state index contributed by atoms with van der Waals surface area (Å²) >= 11 is 0. The highest BCUT2D eigenvalue weighted by atomic mass is 16.6. The van der Waals surface area contributed by atoms with Crippen LogP contribution >= 0.6 is 0 Å². The van der Waals surface area contributed by atoms with E-state index in [2.05, 4.69) is 42.4 Å². The van der Waals surface area contributed by atoms with E-state index >= 15 is 0 Å². The van der Waals surface area contributed by atoms with Crippen molar-refractivity contribution in [2.24, 2.45) is 0 Å². The van der Waals surface area contributed by atoms with Gasteiger partial charge in [0.1, 0.15) is 11.0 Å². The zero-order valence-electron chi connectivity index (χ0n) is 9.77. The summed E-state index contributed by atoms with van der Waals surface area (Å²) in [6.45, 7) is 4.19. The van der Waals surface area contributed by atoms with E-state index in [1.807, 2.05) is 18.2 Å². The molecule has 0 N–H and O–H groups in total. The maximum absolute atomic E-state index is 4.79. The van der Waals surface area contributed by atoms with Crippen molar-refractivity contribution in [3.05, 3.63) is 47.5 Å². The lowest BCUT2D eigenvalue weighted by Crippen LogP contribution is -1.84. The van der Waals surface area contributed by atoms with Crippen LogP contribution < -0.4 is 0 Å². The van der Waals surface area contributed by atoms with Gasteiger partial charge in [0.25, 0.3) is 0 Å². The molecule has 0 saturated carbocycles. The number of benzene rings is 2. The van der Waals surface area contributed by atoms with Crippen LogP contribution in [-0.2, 0) is 0 Å². The number of aryl methyl sites for hydroxylation is 2. The zero-order chi connectivity index (χ0) is 11.8. The maximum atomic E-state index is 4.79. The normalized spacial score (nSPS) is 10.9. The molecular formula is C14H12N2O. The minimum atomic E-state index is 0.793. The Morgan fingerprint density at radius 1 is 0.941 bits per heavy atom.